The summed E-state index contributed by atoms with van der Waals surface area (Å²) in [5.41, 5.74) is 1.59. The monoisotopic (exact) mass is 190 g/mol. The van der Waals surface area contributed by atoms with E-state index in [4.69, 9.17) is 5.11 Å². The fraction of sp³-hybridized carbons (Fsp3) is 0.455. The van der Waals surface area contributed by atoms with E-state index in [1.165, 1.54) is 5.56 Å². The summed E-state index contributed by atoms with van der Waals surface area (Å²) in [5, 5.41) is 9.05. The molecule has 0 aliphatic heterocycles. The van der Waals surface area contributed by atoms with E-state index in [2.05, 4.69) is 20.8 Å². The largest absolute Gasteiger partial charge is 0.508 e. The maximum absolute atomic E-state index is 9.05. The van der Waals surface area contributed by atoms with Gasteiger partial charge in [-0.25, -0.2) is 0 Å². The number of phenols is 1. The number of rotatable bonds is 1. The van der Waals surface area contributed by atoms with Gasteiger partial charge < -0.3 is 5.11 Å². The normalized spacial score (nSPS) is 10.7. The number of hydrogen-bond acceptors (Lipinski definition) is 1. The molecule has 0 bridgehead atoms. The maximum atomic E-state index is 9.05. The van der Waals surface area contributed by atoms with E-state index in [1.54, 1.807) is 12.1 Å². The van der Waals surface area contributed by atoms with Crippen LogP contribution in [0.3, 0.4) is 0 Å². The third-order valence-electron chi connectivity index (χ3n) is 1.67. The molecule has 1 aromatic carbocycles. The van der Waals surface area contributed by atoms with Crippen molar-refractivity contribution in [3.63, 3.8) is 0 Å². The van der Waals surface area contributed by atoms with Crippen molar-refractivity contribution < 1.29 is 5.11 Å². The summed E-state index contributed by atoms with van der Waals surface area (Å²) in [6.07, 6.45) is 1.05. The van der Waals surface area contributed by atoms with Gasteiger partial charge in [0.05, 0.1) is 0 Å². The molecule has 0 aromatic heterocycles. The Morgan fingerprint density at radius 1 is 1.08 bits per heavy atom. The van der Waals surface area contributed by atoms with E-state index in [0.717, 1.165) is 6.42 Å². The minimum absolute atomic E-state index is 0. The lowest BCUT2D eigenvalue weighted by atomic mass is 9.88. The van der Waals surface area contributed by atoms with E-state index < -0.39 is 0 Å². The molecule has 0 aliphatic carbocycles. The van der Waals surface area contributed by atoms with Crippen LogP contribution in [0.25, 0.3) is 0 Å². The SMILES string of the molecule is CC(C)(C)Cc1ccc(O)cc1.[MgH2]. The molecular weight excluding hydrogens is 172 g/mol. The lowest BCUT2D eigenvalue weighted by molar-refractivity contribution is 0.410. The maximum Gasteiger partial charge on any atom is 0.316 e. The van der Waals surface area contributed by atoms with Gasteiger partial charge in [-0.3, -0.25) is 0 Å². The van der Waals surface area contributed by atoms with Crippen LogP contribution in [-0.2, 0) is 6.42 Å². The molecule has 0 fully saturated rings. The predicted molar refractivity (Wildman–Crippen MR) is 59.8 cm³/mol. The van der Waals surface area contributed by atoms with Crippen molar-refractivity contribution in [3.05, 3.63) is 29.8 Å². The van der Waals surface area contributed by atoms with E-state index in [-0.39, 0.29) is 23.1 Å². The minimum atomic E-state index is 0. The lowest BCUT2D eigenvalue weighted by Crippen LogP contribution is -2.08. The Morgan fingerprint density at radius 2 is 1.54 bits per heavy atom. The van der Waals surface area contributed by atoms with Crippen LogP contribution in [0.15, 0.2) is 24.3 Å². The van der Waals surface area contributed by atoms with Gasteiger partial charge in [0.25, 0.3) is 0 Å². The zero-order chi connectivity index (χ0) is 9.19. The second kappa shape index (κ2) is 4.87. The molecule has 1 N–H and O–H groups in total. The van der Waals surface area contributed by atoms with Crippen molar-refractivity contribution in [2.24, 2.45) is 5.41 Å². The van der Waals surface area contributed by atoms with E-state index in [0.29, 0.717) is 11.2 Å². The highest BCUT2D eigenvalue weighted by Gasteiger charge is 2.10. The molecule has 0 radical (unpaired) electrons. The van der Waals surface area contributed by atoms with Gasteiger partial charge in [0, 0.05) is 0 Å². The molecule has 0 saturated heterocycles. The van der Waals surface area contributed by atoms with Crippen LogP contribution in [0.1, 0.15) is 26.3 Å². The first-order valence-electron chi connectivity index (χ1n) is 4.25. The van der Waals surface area contributed by atoms with Gasteiger partial charge in [0.1, 0.15) is 5.75 Å². The number of hydrogen-bond donors (Lipinski definition) is 1. The molecule has 2 heteroatoms. The summed E-state index contributed by atoms with van der Waals surface area (Å²) < 4.78 is 0. The first-order valence-corrected chi connectivity index (χ1v) is 4.25. The van der Waals surface area contributed by atoms with Crippen molar-refractivity contribution in [1.29, 1.82) is 0 Å². The average Bonchev–Trinajstić information content (AvgIpc) is 1.91. The number of aromatic hydroxyl groups is 1. The highest BCUT2D eigenvalue weighted by atomic mass is 24.3. The van der Waals surface area contributed by atoms with Crippen molar-refractivity contribution in [2.75, 3.05) is 0 Å². The summed E-state index contributed by atoms with van der Waals surface area (Å²) in [6, 6.07) is 7.42. The Kier molecular flexibility index (Phi) is 4.79. The predicted octanol–water partition coefficient (Wildman–Crippen LogP) is 2.06. The average molecular weight is 191 g/mol. The van der Waals surface area contributed by atoms with Gasteiger partial charge in [0.2, 0.25) is 0 Å². The van der Waals surface area contributed by atoms with E-state index in [9.17, 15) is 0 Å². The Morgan fingerprint density at radius 3 is 1.92 bits per heavy atom. The summed E-state index contributed by atoms with van der Waals surface area (Å²) in [7, 11) is 0. The van der Waals surface area contributed by atoms with Crippen LogP contribution in [0, 0.1) is 5.41 Å². The molecule has 0 amide bonds. The molecule has 1 nitrogen and oxygen atoms in total. The molecular formula is C11H18MgO. The highest BCUT2D eigenvalue weighted by molar-refractivity contribution is 5.75. The summed E-state index contributed by atoms with van der Waals surface area (Å²) in [5.74, 6) is 0.340. The van der Waals surface area contributed by atoms with E-state index in [1.807, 2.05) is 12.1 Å². The lowest BCUT2D eigenvalue weighted by Gasteiger charge is -2.17. The Hall–Kier alpha value is -0.214. The third kappa shape index (κ3) is 5.16. The van der Waals surface area contributed by atoms with Crippen LogP contribution < -0.4 is 0 Å². The van der Waals surface area contributed by atoms with Gasteiger partial charge in [-0.2, -0.15) is 0 Å². The van der Waals surface area contributed by atoms with Crippen molar-refractivity contribution in [3.8, 4) is 5.75 Å². The molecule has 1 aromatic rings. The topological polar surface area (TPSA) is 20.2 Å². The van der Waals surface area contributed by atoms with Gasteiger partial charge in [-0.15, -0.1) is 0 Å². The van der Waals surface area contributed by atoms with Crippen LogP contribution >= 0.6 is 0 Å². The second-order valence-corrected chi connectivity index (χ2v) is 4.40. The first-order chi connectivity index (χ1) is 5.47. The molecule has 0 heterocycles. The van der Waals surface area contributed by atoms with E-state index >= 15 is 0 Å². The van der Waals surface area contributed by atoms with Crippen LogP contribution in [-0.4, -0.2) is 28.2 Å². The Bertz CT molecular complexity index is 246. The number of phenolic OH excluding ortho intramolecular Hbond substituents is 1. The number of benzene rings is 1. The fourth-order valence-corrected chi connectivity index (χ4v) is 1.23. The molecule has 0 unspecified atom stereocenters. The molecule has 0 saturated carbocycles. The Labute approximate surface area is 96.3 Å². The van der Waals surface area contributed by atoms with Gasteiger partial charge in [0.15, 0.2) is 0 Å². The molecule has 0 spiro atoms. The van der Waals surface area contributed by atoms with Crippen LogP contribution in [0.5, 0.6) is 5.75 Å². The van der Waals surface area contributed by atoms with Crippen LogP contribution in [0.2, 0.25) is 0 Å². The first kappa shape index (κ1) is 12.8. The van der Waals surface area contributed by atoms with Crippen LogP contribution in [0.4, 0.5) is 0 Å². The van der Waals surface area contributed by atoms with Gasteiger partial charge in [-0.1, -0.05) is 32.9 Å². The molecule has 0 atom stereocenters. The van der Waals surface area contributed by atoms with Crippen molar-refractivity contribution in [2.45, 2.75) is 27.2 Å². The summed E-state index contributed by atoms with van der Waals surface area (Å²) >= 11 is 0. The molecule has 0 aliphatic rings. The summed E-state index contributed by atoms with van der Waals surface area (Å²) in [6.45, 7) is 6.62. The third-order valence-corrected chi connectivity index (χ3v) is 1.67. The quantitative estimate of drug-likeness (QED) is 0.673. The van der Waals surface area contributed by atoms with Crippen molar-refractivity contribution >= 4 is 23.1 Å². The van der Waals surface area contributed by atoms with Gasteiger partial charge >= 0.3 is 23.1 Å². The standard InChI is InChI=1S/C11H16O.Mg.2H/c1-11(2,3)8-9-4-6-10(12)7-5-9;;;/h4-7,12H,8H2,1-3H3;;;. The van der Waals surface area contributed by atoms with Crippen molar-refractivity contribution in [1.82, 2.24) is 0 Å². The smallest absolute Gasteiger partial charge is 0.316 e. The summed E-state index contributed by atoms with van der Waals surface area (Å²) in [4.78, 5) is 0. The second-order valence-electron chi connectivity index (χ2n) is 4.40. The zero-order valence-electron chi connectivity index (χ0n) is 7.96. The minimum Gasteiger partial charge on any atom is -0.508 e. The molecule has 70 valence electrons. The van der Waals surface area contributed by atoms with Gasteiger partial charge in [-0.05, 0) is 29.5 Å². The molecule has 1 rings (SSSR count). The Balaban J connectivity index is 0.00000144. The fourth-order valence-electron chi connectivity index (χ4n) is 1.23. The highest BCUT2D eigenvalue weighted by Crippen LogP contribution is 2.21. The molecule has 13 heavy (non-hydrogen) atoms. The zero-order valence-corrected chi connectivity index (χ0v) is 7.96.